The highest BCUT2D eigenvalue weighted by Crippen LogP contribution is 2.29. The Bertz CT molecular complexity index is 1380. The van der Waals surface area contributed by atoms with Gasteiger partial charge in [0.15, 0.2) is 0 Å². The van der Waals surface area contributed by atoms with Gasteiger partial charge in [-0.15, -0.1) is 0 Å². The molecule has 1 fully saturated rings. The Balaban J connectivity index is 0.000000417. The van der Waals surface area contributed by atoms with Crippen LogP contribution in [0.3, 0.4) is 0 Å². The summed E-state index contributed by atoms with van der Waals surface area (Å²) in [4.78, 5) is 10.6. The van der Waals surface area contributed by atoms with Crippen molar-refractivity contribution in [2.45, 2.75) is 29.1 Å². The Kier molecular flexibility index (Phi) is 8.50. The van der Waals surface area contributed by atoms with Crippen molar-refractivity contribution in [1.82, 2.24) is 0 Å². The van der Waals surface area contributed by atoms with Gasteiger partial charge in [-0.2, -0.15) is 0 Å². The van der Waals surface area contributed by atoms with Crippen molar-refractivity contribution < 1.29 is 27.4 Å². The fourth-order valence-corrected chi connectivity index (χ4v) is 4.83. The van der Waals surface area contributed by atoms with E-state index < -0.39 is 9.84 Å². The van der Waals surface area contributed by atoms with E-state index in [0.29, 0.717) is 47.4 Å². The minimum atomic E-state index is -3.68. The van der Waals surface area contributed by atoms with E-state index in [9.17, 15) is 13.2 Å². The Labute approximate surface area is 221 Å². The Morgan fingerprint density at radius 1 is 0.632 bits per heavy atom. The van der Waals surface area contributed by atoms with Gasteiger partial charge in [0.05, 0.1) is 16.4 Å². The second-order valence-electron chi connectivity index (χ2n) is 8.47. The molecule has 1 aliphatic heterocycles. The second kappa shape index (κ2) is 12.2. The predicted molar refractivity (Wildman–Crippen MR) is 145 cm³/mol. The normalized spacial score (nSPS) is 13.0. The van der Waals surface area contributed by atoms with Crippen LogP contribution in [0.15, 0.2) is 107 Å². The van der Waals surface area contributed by atoms with Crippen LogP contribution in [0.2, 0.25) is 0 Å². The quantitative estimate of drug-likeness (QED) is 0.229. The molecule has 1 heterocycles. The molecule has 0 aliphatic carbocycles. The zero-order valence-electron chi connectivity index (χ0n) is 20.6. The lowest BCUT2D eigenvalue weighted by Gasteiger charge is -2.10. The summed E-state index contributed by atoms with van der Waals surface area (Å²) < 4.78 is 42.0. The molecule has 0 radical (unpaired) electrons. The smallest absolute Gasteiger partial charge is 0.305 e. The molecule has 0 amide bonds. The maximum atomic E-state index is 12.9. The summed E-state index contributed by atoms with van der Waals surface area (Å²) in [6.07, 6.45) is 2.69. The number of carbonyl (C=O) groups is 1. The molecule has 196 valence electrons. The lowest BCUT2D eigenvalue weighted by Crippen LogP contribution is -2.10. The molecule has 4 aromatic rings. The van der Waals surface area contributed by atoms with Gasteiger partial charge >= 0.3 is 5.97 Å². The Hall–Kier alpha value is -4.50. The molecule has 0 unspecified atom stereocenters. The van der Waals surface area contributed by atoms with Crippen molar-refractivity contribution in [1.29, 1.82) is 0 Å². The van der Waals surface area contributed by atoms with Crippen molar-refractivity contribution in [2.75, 3.05) is 18.1 Å². The van der Waals surface area contributed by atoms with Crippen LogP contribution >= 0.6 is 0 Å². The highest BCUT2D eigenvalue weighted by atomic mass is 32.2. The highest BCUT2D eigenvalue weighted by Gasteiger charge is 2.18. The van der Waals surface area contributed by atoms with Gasteiger partial charge in [-0.25, -0.2) is 8.42 Å². The molecule has 5 rings (SSSR count). The number of rotatable bonds is 6. The topological polar surface area (TPSA) is 131 Å². The molecule has 4 N–H and O–H groups in total. The molecule has 9 heteroatoms. The van der Waals surface area contributed by atoms with Gasteiger partial charge in [-0.1, -0.05) is 12.1 Å². The largest absolute Gasteiger partial charge is 0.466 e. The third-order valence-corrected chi connectivity index (χ3v) is 7.28. The van der Waals surface area contributed by atoms with Crippen LogP contribution in [-0.2, 0) is 19.4 Å². The first-order valence-corrected chi connectivity index (χ1v) is 13.5. The number of cyclic esters (lactones) is 1. The van der Waals surface area contributed by atoms with Crippen LogP contribution in [-0.4, -0.2) is 21.0 Å². The lowest BCUT2D eigenvalue weighted by atomic mass is 10.2. The van der Waals surface area contributed by atoms with E-state index in [1.807, 2.05) is 0 Å². The molecule has 0 spiro atoms. The first-order chi connectivity index (χ1) is 18.3. The molecular formula is C29H28N2O6S. The first-order valence-electron chi connectivity index (χ1n) is 12.0. The summed E-state index contributed by atoms with van der Waals surface area (Å²) >= 11 is 0. The number of hydrogen-bond acceptors (Lipinski definition) is 8. The minimum absolute atomic E-state index is 0.0359. The van der Waals surface area contributed by atoms with Crippen molar-refractivity contribution in [3.8, 4) is 23.0 Å². The van der Waals surface area contributed by atoms with Gasteiger partial charge in [-0.3, -0.25) is 4.79 Å². The summed E-state index contributed by atoms with van der Waals surface area (Å²) in [5, 5.41) is 0. The first kappa shape index (κ1) is 26.6. The molecule has 1 saturated heterocycles. The number of hydrogen-bond donors (Lipinski definition) is 2. The minimum Gasteiger partial charge on any atom is -0.466 e. The number of carbonyl (C=O) groups excluding carboxylic acids is 1. The van der Waals surface area contributed by atoms with Gasteiger partial charge < -0.3 is 25.7 Å². The van der Waals surface area contributed by atoms with E-state index >= 15 is 0 Å². The van der Waals surface area contributed by atoms with E-state index in [1.165, 1.54) is 24.3 Å². The van der Waals surface area contributed by atoms with Crippen LogP contribution in [0, 0.1) is 0 Å². The van der Waals surface area contributed by atoms with E-state index in [0.717, 1.165) is 12.8 Å². The lowest BCUT2D eigenvalue weighted by molar-refractivity contribution is -0.146. The maximum absolute atomic E-state index is 12.9. The van der Waals surface area contributed by atoms with Gasteiger partial charge in [0.2, 0.25) is 9.84 Å². The summed E-state index contributed by atoms with van der Waals surface area (Å²) in [5.41, 5.74) is 12.7. The average Bonchev–Trinajstić information content (AvgIpc) is 2.90. The number of sulfone groups is 1. The summed E-state index contributed by atoms with van der Waals surface area (Å²) in [5.74, 6) is 2.13. The van der Waals surface area contributed by atoms with Crippen LogP contribution in [0.25, 0.3) is 0 Å². The fourth-order valence-electron chi connectivity index (χ4n) is 3.57. The molecule has 1 aliphatic rings. The van der Waals surface area contributed by atoms with Gasteiger partial charge in [-0.05, 0) is 85.6 Å². The molecule has 0 saturated carbocycles. The standard InChI is InChI=1S/C24H20N2O4S.C5H8O2/c25-17-3-1-5-21(15-17)29-19-7-11-23(12-8-19)31(27,28)24-13-9-20(10-14-24)30-22-6-2-4-18(26)16-22;6-5-3-1-2-4-7-5/h1-16H,25-26H2;1-4H2. The fraction of sp³-hybridized carbons (Fsp3) is 0.138. The zero-order chi connectivity index (χ0) is 27.0. The van der Waals surface area contributed by atoms with E-state index in [2.05, 4.69) is 4.74 Å². The molecule has 0 atom stereocenters. The number of benzene rings is 4. The number of nitrogen functional groups attached to an aromatic ring is 2. The molecular weight excluding hydrogens is 504 g/mol. The monoisotopic (exact) mass is 532 g/mol. The molecule has 0 aromatic heterocycles. The van der Waals surface area contributed by atoms with E-state index in [-0.39, 0.29) is 15.8 Å². The van der Waals surface area contributed by atoms with Gasteiger partial charge in [0, 0.05) is 29.9 Å². The summed E-state index contributed by atoms with van der Waals surface area (Å²) in [6, 6.07) is 26.5. The summed E-state index contributed by atoms with van der Waals surface area (Å²) in [6.45, 7) is 0.638. The third-order valence-electron chi connectivity index (χ3n) is 5.49. The van der Waals surface area contributed by atoms with Crippen molar-refractivity contribution in [3.63, 3.8) is 0 Å². The Morgan fingerprint density at radius 3 is 1.45 bits per heavy atom. The van der Waals surface area contributed by atoms with Crippen LogP contribution in [0.5, 0.6) is 23.0 Å². The highest BCUT2D eigenvalue weighted by molar-refractivity contribution is 7.91. The van der Waals surface area contributed by atoms with Crippen molar-refractivity contribution >= 4 is 27.2 Å². The zero-order valence-corrected chi connectivity index (χ0v) is 21.4. The van der Waals surface area contributed by atoms with Gasteiger partial charge in [0.25, 0.3) is 0 Å². The predicted octanol–water partition coefficient (Wildman–Crippen LogP) is 5.98. The third kappa shape index (κ3) is 7.27. The van der Waals surface area contributed by atoms with Crippen molar-refractivity contribution in [2.24, 2.45) is 0 Å². The maximum Gasteiger partial charge on any atom is 0.305 e. The number of esters is 1. The Morgan fingerprint density at radius 2 is 1.11 bits per heavy atom. The molecule has 38 heavy (non-hydrogen) atoms. The van der Waals surface area contributed by atoms with E-state index in [4.69, 9.17) is 20.9 Å². The number of ether oxygens (including phenoxy) is 3. The average molecular weight is 533 g/mol. The second-order valence-corrected chi connectivity index (χ2v) is 10.4. The summed E-state index contributed by atoms with van der Waals surface area (Å²) in [7, 11) is -3.68. The van der Waals surface area contributed by atoms with Crippen LogP contribution in [0.4, 0.5) is 11.4 Å². The SMILES string of the molecule is Nc1cccc(Oc2ccc(S(=O)(=O)c3ccc(Oc4cccc(N)c4)cc3)cc2)c1.O=C1CCCCO1. The molecule has 4 aromatic carbocycles. The van der Waals surface area contributed by atoms with Crippen LogP contribution < -0.4 is 20.9 Å². The number of anilines is 2. The molecule has 8 nitrogen and oxygen atoms in total. The number of nitrogens with two attached hydrogens (primary N) is 2. The molecule has 0 bridgehead atoms. The van der Waals surface area contributed by atoms with E-state index in [1.54, 1.807) is 72.8 Å². The van der Waals surface area contributed by atoms with Crippen molar-refractivity contribution in [3.05, 3.63) is 97.1 Å². The van der Waals surface area contributed by atoms with Crippen LogP contribution in [0.1, 0.15) is 19.3 Å². The van der Waals surface area contributed by atoms with Gasteiger partial charge in [0.1, 0.15) is 23.0 Å².